The van der Waals surface area contributed by atoms with Crippen molar-refractivity contribution in [3.63, 3.8) is 0 Å². The van der Waals surface area contributed by atoms with Gasteiger partial charge in [-0.3, -0.25) is 9.59 Å². The number of carbonyl (C=O) groups is 2. The second-order valence-corrected chi connectivity index (χ2v) is 4.84. The summed E-state index contributed by atoms with van der Waals surface area (Å²) in [5.41, 5.74) is 5.49. The molecule has 0 aliphatic rings. The molecule has 0 rings (SSSR count). The molecule has 5 heteroatoms. The summed E-state index contributed by atoms with van der Waals surface area (Å²) >= 11 is 0. The van der Waals surface area contributed by atoms with E-state index in [0.717, 1.165) is 0 Å². The average molecular weight is 229 g/mol. The van der Waals surface area contributed by atoms with Crippen LogP contribution in [0.25, 0.3) is 0 Å². The summed E-state index contributed by atoms with van der Waals surface area (Å²) in [6, 6.07) is -0.554. The summed E-state index contributed by atoms with van der Waals surface area (Å²) in [6.45, 7) is 8.50. The molecular weight excluding hydrogens is 206 g/mol. The van der Waals surface area contributed by atoms with Gasteiger partial charge in [0.2, 0.25) is 11.8 Å². The topological polar surface area (TPSA) is 84.2 Å². The first kappa shape index (κ1) is 14.9. The van der Waals surface area contributed by atoms with E-state index in [4.69, 9.17) is 5.73 Å². The predicted molar refractivity (Wildman–Crippen MR) is 63.7 cm³/mol. The van der Waals surface area contributed by atoms with Gasteiger partial charge in [0.1, 0.15) is 0 Å². The first-order valence-electron chi connectivity index (χ1n) is 5.59. The maximum Gasteiger partial charge on any atom is 0.237 e. The molecule has 0 aliphatic heterocycles. The molecular formula is C11H23N3O2. The van der Waals surface area contributed by atoms with Crippen LogP contribution in [0.15, 0.2) is 0 Å². The molecule has 0 unspecified atom stereocenters. The van der Waals surface area contributed by atoms with Crippen LogP contribution in [0, 0.1) is 5.41 Å². The highest BCUT2D eigenvalue weighted by Gasteiger charge is 2.26. The maximum absolute atomic E-state index is 11.6. The van der Waals surface area contributed by atoms with E-state index in [1.165, 1.54) is 0 Å². The summed E-state index contributed by atoms with van der Waals surface area (Å²) in [7, 11) is 0. The smallest absolute Gasteiger partial charge is 0.237 e. The van der Waals surface area contributed by atoms with Gasteiger partial charge >= 0.3 is 0 Å². The van der Waals surface area contributed by atoms with Crippen LogP contribution in [0.2, 0.25) is 0 Å². The summed E-state index contributed by atoms with van der Waals surface area (Å²) in [4.78, 5) is 22.7. The van der Waals surface area contributed by atoms with Gasteiger partial charge in [-0.1, -0.05) is 20.8 Å². The van der Waals surface area contributed by atoms with Crippen molar-refractivity contribution in [3.05, 3.63) is 0 Å². The third-order valence-electron chi connectivity index (χ3n) is 2.24. The van der Waals surface area contributed by atoms with Crippen molar-refractivity contribution in [2.24, 2.45) is 11.1 Å². The third-order valence-corrected chi connectivity index (χ3v) is 2.24. The Morgan fingerprint density at radius 3 is 2.25 bits per heavy atom. The van der Waals surface area contributed by atoms with Crippen molar-refractivity contribution < 1.29 is 9.59 Å². The predicted octanol–water partition coefficient (Wildman–Crippen LogP) is 0.00220. The van der Waals surface area contributed by atoms with E-state index in [1.54, 1.807) is 0 Å². The van der Waals surface area contributed by atoms with E-state index < -0.39 is 6.04 Å². The van der Waals surface area contributed by atoms with E-state index in [2.05, 4.69) is 10.6 Å². The summed E-state index contributed by atoms with van der Waals surface area (Å²) in [5, 5.41) is 5.31. The minimum absolute atomic E-state index is 0.0628. The lowest BCUT2D eigenvalue weighted by Crippen LogP contribution is -2.49. The summed E-state index contributed by atoms with van der Waals surface area (Å²) in [6.07, 6.45) is 0.288. The van der Waals surface area contributed by atoms with Gasteiger partial charge in [-0.25, -0.2) is 0 Å². The van der Waals surface area contributed by atoms with Gasteiger partial charge in [0.25, 0.3) is 0 Å². The van der Waals surface area contributed by atoms with E-state index in [0.29, 0.717) is 13.1 Å². The molecule has 0 heterocycles. The third kappa shape index (κ3) is 5.70. The highest BCUT2D eigenvalue weighted by Crippen LogP contribution is 2.16. The molecule has 0 aromatic rings. The monoisotopic (exact) mass is 229 g/mol. The molecule has 2 amide bonds. The average Bonchev–Trinajstić information content (AvgIpc) is 2.15. The van der Waals surface area contributed by atoms with Crippen molar-refractivity contribution in [3.8, 4) is 0 Å². The quantitative estimate of drug-likeness (QED) is 0.620. The SMILES string of the molecule is CCNC(=O)CCNC(=O)[C@@H](N)C(C)(C)C. The van der Waals surface area contributed by atoms with Crippen molar-refractivity contribution in [1.82, 2.24) is 10.6 Å². The minimum atomic E-state index is -0.554. The van der Waals surface area contributed by atoms with Crippen molar-refractivity contribution in [1.29, 1.82) is 0 Å². The van der Waals surface area contributed by atoms with Crippen LogP contribution in [-0.4, -0.2) is 30.9 Å². The van der Waals surface area contributed by atoms with Gasteiger partial charge in [-0.2, -0.15) is 0 Å². The Hall–Kier alpha value is -1.10. The Kier molecular flexibility index (Phi) is 6.03. The number of carbonyl (C=O) groups excluding carboxylic acids is 2. The lowest BCUT2D eigenvalue weighted by Gasteiger charge is -2.25. The number of nitrogens with one attached hydrogen (secondary N) is 2. The normalized spacial score (nSPS) is 13.1. The molecule has 0 saturated carbocycles. The van der Waals surface area contributed by atoms with Crippen LogP contribution in [0.5, 0.6) is 0 Å². The highest BCUT2D eigenvalue weighted by atomic mass is 16.2. The van der Waals surface area contributed by atoms with Gasteiger partial charge in [0.15, 0.2) is 0 Å². The number of amides is 2. The second-order valence-electron chi connectivity index (χ2n) is 4.84. The highest BCUT2D eigenvalue weighted by molar-refractivity contribution is 5.83. The largest absolute Gasteiger partial charge is 0.356 e. The molecule has 0 aliphatic carbocycles. The minimum Gasteiger partial charge on any atom is -0.356 e. The zero-order valence-corrected chi connectivity index (χ0v) is 10.6. The lowest BCUT2D eigenvalue weighted by atomic mass is 9.87. The van der Waals surface area contributed by atoms with Crippen LogP contribution in [0.4, 0.5) is 0 Å². The Morgan fingerprint density at radius 2 is 1.81 bits per heavy atom. The molecule has 0 aromatic carbocycles. The Morgan fingerprint density at radius 1 is 1.25 bits per heavy atom. The van der Waals surface area contributed by atoms with Crippen LogP contribution in [0.1, 0.15) is 34.1 Å². The molecule has 1 atom stereocenters. The molecule has 94 valence electrons. The van der Waals surface area contributed by atoms with E-state index in [1.807, 2.05) is 27.7 Å². The Balaban J connectivity index is 3.87. The maximum atomic E-state index is 11.6. The van der Waals surface area contributed by atoms with Crippen LogP contribution < -0.4 is 16.4 Å². The van der Waals surface area contributed by atoms with Crippen molar-refractivity contribution in [2.75, 3.05) is 13.1 Å². The fraction of sp³-hybridized carbons (Fsp3) is 0.818. The van der Waals surface area contributed by atoms with Crippen LogP contribution >= 0.6 is 0 Å². The van der Waals surface area contributed by atoms with E-state index >= 15 is 0 Å². The fourth-order valence-corrected chi connectivity index (χ4v) is 1.09. The molecule has 4 N–H and O–H groups in total. The fourth-order valence-electron chi connectivity index (χ4n) is 1.09. The first-order chi connectivity index (χ1) is 7.29. The number of hydrogen-bond donors (Lipinski definition) is 3. The van der Waals surface area contributed by atoms with Crippen LogP contribution in [0.3, 0.4) is 0 Å². The molecule has 0 saturated heterocycles. The zero-order chi connectivity index (χ0) is 12.8. The summed E-state index contributed by atoms with van der Waals surface area (Å²) in [5.74, 6) is -0.274. The molecule has 0 aromatic heterocycles. The molecule has 5 nitrogen and oxygen atoms in total. The number of hydrogen-bond acceptors (Lipinski definition) is 3. The Bertz CT molecular complexity index is 246. The van der Waals surface area contributed by atoms with E-state index in [-0.39, 0.29) is 23.7 Å². The summed E-state index contributed by atoms with van der Waals surface area (Å²) < 4.78 is 0. The van der Waals surface area contributed by atoms with Crippen molar-refractivity contribution >= 4 is 11.8 Å². The standard InChI is InChI=1S/C11H23N3O2/c1-5-13-8(15)6-7-14-10(16)9(12)11(2,3)4/h9H,5-7,12H2,1-4H3,(H,13,15)(H,14,16)/t9-/m1/s1. The van der Waals surface area contributed by atoms with Gasteiger partial charge < -0.3 is 16.4 Å². The molecule has 0 fully saturated rings. The number of nitrogens with two attached hydrogens (primary N) is 1. The second kappa shape index (κ2) is 6.48. The van der Waals surface area contributed by atoms with Gasteiger partial charge in [0, 0.05) is 19.5 Å². The Labute approximate surface area is 97.2 Å². The molecule has 0 spiro atoms. The lowest BCUT2D eigenvalue weighted by molar-refractivity contribution is -0.124. The van der Waals surface area contributed by atoms with E-state index in [9.17, 15) is 9.59 Å². The zero-order valence-electron chi connectivity index (χ0n) is 10.6. The van der Waals surface area contributed by atoms with Crippen LogP contribution in [-0.2, 0) is 9.59 Å². The van der Waals surface area contributed by atoms with Gasteiger partial charge in [-0.05, 0) is 12.3 Å². The number of rotatable bonds is 5. The molecule has 0 bridgehead atoms. The molecule has 0 radical (unpaired) electrons. The van der Waals surface area contributed by atoms with Gasteiger partial charge in [0.05, 0.1) is 6.04 Å². The van der Waals surface area contributed by atoms with Crippen molar-refractivity contribution in [2.45, 2.75) is 40.2 Å². The molecule has 16 heavy (non-hydrogen) atoms. The van der Waals surface area contributed by atoms with Gasteiger partial charge in [-0.15, -0.1) is 0 Å². The first-order valence-corrected chi connectivity index (χ1v) is 5.59.